The van der Waals surface area contributed by atoms with E-state index in [1.54, 1.807) is 6.07 Å². The van der Waals surface area contributed by atoms with Crippen molar-refractivity contribution in [2.45, 2.75) is 56.7 Å². The first-order chi connectivity index (χ1) is 16.2. The van der Waals surface area contributed by atoms with Crippen LogP contribution in [0.2, 0.25) is 0 Å². The van der Waals surface area contributed by atoms with Crippen LogP contribution in [0.5, 0.6) is 0 Å². The highest BCUT2D eigenvalue weighted by atomic mass is 19.1. The lowest BCUT2D eigenvalue weighted by Crippen LogP contribution is -2.14. The minimum absolute atomic E-state index is 0.173. The number of hydrogen-bond donors (Lipinski definition) is 0. The van der Waals surface area contributed by atoms with Crippen LogP contribution in [-0.2, 0) is 15.9 Å². The van der Waals surface area contributed by atoms with Gasteiger partial charge in [-0.25, -0.2) is 4.39 Å². The van der Waals surface area contributed by atoms with Crippen LogP contribution in [0.3, 0.4) is 0 Å². The number of ether oxygens (including phenoxy) is 2. The molecule has 3 heteroatoms. The molecule has 3 aliphatic rings. The molecule has 0 radical (unpaired) electrons. The first-order valence-electron chi connectivity index (χ1n) is 12.4. The summed E-state index contributed by atoms with van der Waals surface area (Å²) in [6, 6.07) is 22.6. The number of hydrogen-bond acceptors (Lipinski definition) is 2. The first-order valence-corrected chi connectivity index (χ1v) is 12.4. The van der Waals surface area contributed by atoms with E-state index in [0.29, 0.717) is 23.7 Å². The van der Waals surface area contributed by atoms with E-state index < -0.39 is 0 Å². The Morgan fingerprint density at radius 3 is 1.97 bits per heavy atom. The quantitative estimate of drug-likeness (QED) is 0.363. The predicted molar refractivity (Wildman–Crippen MR) is 130 cm³/mol. The smallest absolute Gasteiger partial charge is 0.131 e. The molecular weight excluding hydrogens is 411 g/mol. The minimum Gasteiger partial charge on any atom is -0.373 e. The lowest BCUT2D eigenvalue weighted by molar-refractivity contribution is 0.276. The molecule has 0 aromatic heterocycles. The minimum atomic E-state index is -0.173. The highest BCUT2D eigenvalue weighted by Gasteiger charge is 2.30. The Morgan fingerprint density at radius 1 is 0.697 bits per heavy atom. The van der Waals surface area contributed by atoms with Crippen molar-refractivity contribution in [1.29, 1.82) is 0 Å². The van der Waals surface area contributed by atoms with Crippen LogP contribution in [0.25, 0.3) is 22.3 Å². The van der Waals surface area contributed by atoms with Gasteiger partial charge in [0.25, 0.3) is 0 Å². The van der Waals surface area contributed by atoms with E-state index in [1.807, 2.05) is 24.3 Å². The van der Waals surface area contributed by atoms with Crippen molar-refractivity contribution in [1.82, 2.24) is 0 Å². The van der Waals surface area contributed by atoms with Gasteiger partial charge >= 0.3 is 0 Å². The van der Waals surface area contributed by atoms with E-state index in [4.69, 9.17) is 9.47 Å². The number of benzene rings is 3. The highest BCUT2D eigenvalue weighted by molar-refractivity contribution is 5.71. The molecule has 33 heavy (non-hydrogen) atoms. The van der Waals surface area contributed by atoms with Gasteiger partial charge in [0.1, 0.15) is 5.82 Å². The molecule has 3 fully saturated rings. The maximum atomic E-state index is 15.0. The lowest BCUT2D eigenvalue weighted by Gasteiger charge is -2.28. The summed E-state index contributed by atoms with van der Waals surface area (Å²) in [5.41, 5.74) is 6.23. The lowest BCUT2D eigenvalue weighted by atomic mass is 9.77. The van der Waals surface area contributed by atoms with Crippen LogP contribution in [0.15, 0.2) is 66.7 Å². The highest BCUT2D eigenvalue weighted by Crippen LogP contribution is 2.39. The van der Waals surface area contributed by atoms with Gasteiger partial charge in [-0.15, -0.1) is 0 Å². The summed E-state index contributed by atoms with van der Waals surface area (Å²) in [4.78, 5) is 0. The zero-order valence-corrected chi connectivity index (χ0v) is 19.0. The molecular formula is C30H31FO2. The molecule has 0 amide bonds. The molecule has 2 heterocycles. The molecule has 170 valence electrons. The third kappa shape index (κ3) is 5.05. The van der Waals surface area contributed by atoms with Crippen LogP contribution in [-0.4, -0.2) is 25.4 Å². The Morgan fingerprint density at radius 2 is 1.33 bits per heavy atom. The Labute approximate surface area is 195 Å². The van der Waals surface area contributed by atoms with Gasteiger partial charge in [0.15, 0.2) is 0 Å². The third-order valence-electron chi connectivity index (χ3n) is 7.66. The standard InChI is InChI=1S/C30H31FO2/c31-30-17-26(13-14-29(30)25-7-3-21(4-8-25)16-28-19-33-28)24-11-9-23(10-12-24)22-5-1-20(2-6-22)15-27-18-32-27/h3-4,7-14,17,20,22,27-28H,1-2,5-6,15-16,18-19H2. The molecule has 3 aromatic carbocycles. The molecule has 1 aliphatic carbocycles. The second-order valence-corrected chi connectivity index (χ2v) is 10.1. The topological polar surface area (TPSA) is 25.1 Å². The first kappa shape index (κ1) is 21.1. The molecule has 2 aliphatic heterocycles. The number of epoxide rings is 2. The summed E-state index contributed by atoms with van der Waals surface area (Å²) < 4.78 is 25.7. The molecule has 1 saturated carbocycles. The Bertz CT molecular complexity index is 1090. The Kier molecular flexibility index (Phi) is 5.77. The normalized spacial score (nSPS) is 26.2. The van der Waals surface area contributed by atoms with E-state index in [1.165, 1.54) is 43.2 Å². The van der Waals surface area contributed by atoms with Crippen LogP contribution in [0.4, 0.5) is 4.39 Å². The zero-order valence-electron chi connectivity index (χ0n) is 19.0. The van der Waals surface area contributed by atoms with Crippen molar-refractivity contribution in [3.8, 4) is 22.3 Å². The fourth-order valence-corrected chi connectivity index (χ4v) is 5.45. The van der Waals surface area contributed by atoms with Crippen molar-refractivity contribution in [2.75, 3.05) is 13.2 Å². The second-order valence-electron chi connectivity index (χ2n) is 10.1. The van der Waals surface area contributed by atoms with Crippen molar-refractivity contribution < 1.29 is 13.9 Å². The zero-order chi connectivity index (χ0) is 22.2. The van der Waals surface area contributed by atoms with Gasteiger partial charge in [-0.05, 0) is 77.8 Å². The van der Waals surface area contributed by atoms with E-state index in [-0.39, 0.29) is 5.82 Å². The summed E-state index contributed by atoms with van der Waals surface area (Å²) in [6.45, 7) is 1.83. The molecule has 3 aromatic rings. The van der Waals surface area contributed by atoms with Crippen molar-refractivity contribution in [2.24, 2.45) is 5.92 Å². The fraction of sp³-hybridized carbons (Fsp3) is 0.400. The summed E-state index contributed by atoms with van der Waals surface area (Å²) in [5, 5.41) is 0. The summed E-state index contributed by atoms with van der Waals surface area (Å²) in [5.74, 6) is 1.33. The van der Waals surface area contributed by atoms with E-state index >= 15 is 4.39 Å². The summed E-state index contributed by atoms with van der Waals surface area (Å²) in [6.07, 6.45) is 8.29. The third-order valence-corrected chi connectivity index (χ3v) is 7.66. The summed E-state index contributed by atoms with van der Waals surface area (Å²) in [7, 11) is 0. The molecule has 0 N–H and O–H groups in total. The van der Waals surface area contributed by atoms with Gasteiger partial charge in [-0.1, -0.05) is 60.7 Å². The second kappa shape index (κ2) is 9.04. The van der Waals surface area contributed by atoms with Gasteiger partial charge in [-0.3, -0.25) is 0 Å². The van der Waals surface area contributed by atoms with Crippen LogP contribution < -0.4 is 0 Å². The molecule has 0 bridgehead atoms. The maximum absolute atomic E-state index is 15.0. The van der Waals surface area contributed by atoms with E-state index in [9.17, 15) is 0 Å². The maximum Gasteiger partial charge on any atom is 0.131 e. The van der Waals surface area contributed by atoms with Gasteiger partial charge < -0.3 is 9.47 Å². The van der Waals surface area contributed by atoms with Gasteiger partial charge in [-0.2, -0.15) is 0 Å². The van der Waals surface area contributed by atoms with Gasteiger partial charge in [0.2, 0.25) is 0 Å². The molecule has 2 atom stereocenters. The summed E-state index contributed by atoms with van der Waals surface area (Å²) >= 11 is 0. The van der Waals surface area contributed by atoms with Crippen molar-refractivity contribution in [3.63, 3.8) is 0 Å². The SMILES string of the molecule is Fc1cc(-c2ccc(C3CCC(CC4CO4)CC3)cc2)ccc1-c1ccc(CC2CO2)cc1. The van der Waals surface area contributed by atoms with E-state index in [0.717, 1.165) is 42.2 Å². The largest absolute Gasteiger partial charge is 0.373 e. The van der Waals surface area contributed by atoms with Crippen molar-refractivity contribution >= 4 is 0 Å². The van der Waals surface area contributed by atoms with Crippen molar-refractivity contribution in [3.05, 3.63) is 83.7 Å². The molecule has 2 nitrogen and oxygen atoms in total. The Balaban J connectivity index is 1.11. The predicted octanol–water partition coefficient (Wildman–Crippen LogP) is 7.16. The average Bonchev–Trinajstić information content (AvgIpc) is 3.78. The van der Waals surface area contributed by atoms with Crippen LogP contribution in [0.1, 0.15) is 49.1 Å². The van der Waals surface area contributed by atoms with E-state index in [2.05, 4.69) is 36.4 Å². The monoisotopic (exact) mass is 442 g/mol. The van der Waals surface area contributed by atoms with Gasteiger partial charge in [0.05, 0.1) is 25.4 Å². The fourth-order valence-electron chi connectivity index (χ4n) is 5.45. The number of rotatable bonds is 7. The molecule has 6 rings (SSSR count). The van der Waals surface area contributed by atoms with Gasteiger partial charge in [0, 0.05) is 12.0 Å². The molecule has 2 unspecified atom stereocenters. The molecule has 0 spiro atoms. The molecule has 2 saturated heterocycles. The van der Waals surface area contributed by atoms with Crippen LogP contribution >= 0.6 is 0 Å². The number of halogens is 1. The average molecular weight is 443 g/mol. The Hall–Kier alpha value is -2.49. The van der Waals surface area contributed by atoms with Crippen LogP contribution in [0, 0.1) is 11.7 Å².